The van der Waals surface area contributed by atoms with Crippen LogP contribution in [0.15, 0.2) is 24.3 Å². The molecule has 1 aromatic carbocycles. The summed E-state index contributed by atoms with van der Waals surface area (Å²) in [6.07, 6.45) is 4.45. The van der Waals surface area contributed by atoms with E-state index in [4.69, 9.17) is 0 Å². The highest BCUT2D eigenvalue weighted by Crippen LogP contribution is 2.27. The number of benzene rings is 1. The normalized spacial score (nSPS) is 25.6. The second-order valence-electron chi connectivity index (χ2n) is 6.63. The summed E-state index contributed by atoms with van der Waals surface area (Å²) in [4.78, 5) is 0. The Balaban J connectivity index is 1.56. The molecule has 0 radical (unpaired) electrons. The van der Waals surface area contributed by atoms with Crippen LogP contribution >= 0.6 is 0 Å². The van der Waals surface area contributed by atoms with Gasteiger partial charge in [-0.05, 0) is 42.7 Å². The van der Waals surface area contributed by atoms with Crippen molar-refractivity contribution in [2.24, 2.45) is 5.92 Å². The summed E-state index contributed by atoms with van der Waals surface area (Å²) in [5, 5.41) is 3.45. The molecule has 2 N–H and O–H groups in total. The summed E-state index contributed by atoms with van der Waals surface area (Å²) in [7, 11) is -3.22. The number of hydrogen-bond donors (Lipinski definition) is 2. The zero-order chi connectivity index (χ0) is 14.9. The highest BCUT2D eigenvalue weighted by Gasteiger charge is 2.29. The van der Waals surface area contributed by atoms with Crippen molar-refractivity contribution in [1.29, 1.82) is 0 Å². The third kappa shape index (κ3) is 4.53. The highest BCUT2D eigenvalue weighted by molar-refractivity contribution is 7.88. The van der Waals surface area contributed by atoms with Gasteiger partial charge in [-0.2, -0.15) is 0 Å². The molecule has 21 heavy (non-hydrogen) atoms. The van der Waals surface area contributed by atoms with Crippen molar-refractivity contribution in [1.82, 2.24) is 10.0 Å². The highest BCUT2D eigenvalue weighted by atomic mass is 32.2. The van der Waals surface area contributed by atoms with Gasteiger partial charge in [0.25, 0.3) is 0 Å². The molecule has 5 heteroatoms. The van der Waals surface area contributed by atoms with Gasteiger partial charge in [0.1, 0.15) is 0 Å². The van der Waals surface area contributed by atoms with Gasteiger partial charge >= 0.3 is 0 Å². The Bertz CT molecular complexity index is 590. The van der Waals surface area contributed by atoms with Gasteiger partial charge in [-0.25, -0.2) is 13.1 Å². The van der Waals surface area contributed by atoms with Crippen molar-refractivity contribution in [2.45, 2.75) is 57.0 Å². The van der Waals surface area contributed by atoms with Crippen molar-refractivity contribution in [3.05, 3.63) is 35.4 Å². The molecule has 0 amide bonds. The van der Waals surface area contributed by atoms with E-state index < -0.39 is 10.0 Å². The first kappa shape index (κ1) is 15.0. The maximum absolute atomic E-state index is 12.2. The zero-order valence-corrected chi connectivity index (χ0v) is 13.3. The maximum atomic E-state index is 12.2. The zero-order valence-electron chi connectivity index (χ0n) is 12.5. The van der Waals surface area contributed by atoms with Crippen LogP contribution in [0.4, 0.5) is 0 Å². The second kappa shape index (κ2) is 6.07. The predicted octanol–water partition coefficient (Wildman–Crippen LogP) is 2.16. The van der Waals surface area contributed by atoms with E-state index in [-0.39, 0.29) is 11.8 Å². The topological polar surface area (TPSA) is 58.2 Å². The van der Waals surface area contributed by atoms with Crippen LogP contribution in [0.2, 0.25) is 0 Å². The van der Waals surface area contributed by atoms with Crippen LogP contribution in [0, 0.1) is 5.92 Å². The lowest BCUT2D eigenvalue weighted by molar-refractivity contribution is 0.270. The fraction of sp³-hybridized carbons (Fsp3) is 0.625. The van der Waals surface area contributed by atoms with Crippen molar-refractivity contribution >= 4 is 10.0 Å². The summed E-state index contributed by atoms with van der Waals surface area (Å²) >= 11 is 0. The van der Waals surface area contributed by atoms with E-state index in [0.29, 0.717) is 12.0 Å². The molecule has 0 aliphatic heterocycles. The average Bonchev–Trinajstić information content (AvgIpc) is 3.18. The van der Waals surface area contributed by atoms with Crippen LogP contribution in [0.5, 0.6) is 0 Å². The molecule has 0 bridgehead atoms. The fourth-order valence-corrected chi connectivity index (χ4v) is 4.29. The Morgan fingerprint density at radius 3 is 2.52 bits per heavy atom. The van der Waals surface area contributed by atoms with E-state index >= 15 is 0 Å². The number of nitrogens with one attached hydrogen (secondary N) is 2. The van der Waals surface area contributed by atoms with E-state index in [1.807, 2.05) is 24.3 Å². The second-order valence-corrected chi connectivity index (χ2v) is 8.38. The molecule has 0 spiro atoms. The smallest absolute Gasteiger partial charge is 0.216 e. The Morgan fingerprint density at radius 2 is 1.86 bits per heavy atom. The van der Waals surface area contributed by atoms with E-state index in [1.165, 1.54) is 12.8 Å². The van der Waals surface area contributed by atoms with E-state index in [0.717, 1.165) is 30.5 Å². The lowest BCUT2D eigenvalue weighted by atomic mass is 9.83. The summed E-state index contributed by atoms with van der Waals surface area (Å²) in [6.45, 7) is 2.98. The predicted molar refractivity (Wildman–Crippen MR) is 84.2 cm³/mol. The van der Waals surface area contributed by atoms with Gasteiger partial charge in [0.2, 0.25) is 10.0 Å². The number of rotatable bonds is 7. The summed E-state index contributed by atoms with van der Waals surface area (Å²) in [5.41, 5.74) is 2.02. The van der Waals surface area contributed by atoms with Crippen LogP contribution in [-0.4, -0.2) is 20.5 Å². The summed E-state index contributed by atoms with van der Waals surface area (Å²) in [6, 6.07) is 8.69. The monoisotopic (exact) mass is 308 g/mol. The molecule has 116 valence electrons. The van der Waals surface area contributed by atoms with E-state index in [1.54, 1.807) is 0 Å². The first-order valence-electron chi connectivity index (χ1n) is 7.81. The lowest BCUT2D eigenvalue weighted by Gasteiger charge is -2.32. The van der Waals surface area contributed by atoms with Crippen LogP contribution in [0.25, 0.3) is 0 Å². The molecule has 2 aliphatic carbocycles. The van der Waals surface area contributed by atoms with Gasteiger partial charge in [-0.3, -0.25) is 0 Å². The molecule has 4 nitrogen and oxygen atoms in total. The van der Waals surface area contributed by atoms with E-state index in [2.05, 4.69) is 17.0 Å². The standard InChI is InChI=1S/C16H24N2O2S/c1-12-7-16(8-12)18-21(19,20)11-14-4-2-3-13(9-14)10-17-15-5-6-15/h2-4,9,12,15-18H,5-8,10-11H2,1H3. The largest absolute Gasteiger partial charge is 0.310 e. The first-order valence-corrected chi connectivity index (χ1v) is 9.46. The van der Waals surface area contributed by atoms with Gasteiger partial charge in [0, 0.05) is 18.6 Å². The molecule has 2 aliphatic rings. The quantitative estimate of drug-likeness (QED) is 0.811. The Labute approximate surface area is 127 Å². The van der Waals surface area contributed by atoms with Crippen LogP contribution in [0.1, 0.15) is 43.7 Å². The molecule has 2 fully saturated rings. The van der Waals surface area contributed by atoms with Crippen LogP contribution < -0.4 is 10.0 Å². The van der Waals surface area contributed by atoms with Gasteiger partial charge < -0.3 is 5.32 Å². The molecule has 0 heterocycles. The molecule has 0 saturated heterocycles. The van der Waals surface area contributed by atoms with Crippen molar-refractivity contribution in [3.63, 3.8) is 0 Å². The molecular formula is C16H24N2O2S. The third-order valence-electron chi connectivity index (χ3n) is 4.24. The minimum Gasteiger partial charge on any atom is -0.310 e. The molecule has 0 unspecified atom stereocenters. The Kier molecular flexibility index (Phi) is 4.33. The molecule has 0 atom stereocenters. The molecule has 3 rings (SSSR count). The Morgan fingerprint density at radius 1 is 1.14 bits per heavy atom. The van der Waals surface area contributed by atoms with Gasteiger partial charge in [0.15, 0.2) is 0 Å². The average molecular weight is 308 g/mol. The number of hydrogen-bond acceptors (Lipinski definition) is 3. The van der Waals surface area contributed by atoms with Crippen molar-refractivity contribution < 1.29 is 8.42 Å². The first-order chi connectivity index (χ1) is 10.00. The fourth-order valence-electron chi connectivity index (χ4n) is 2.89. The van der Waals surface area contributed by atoms with Crippen LogP contribution in [-0.2, 0) is 22.3 Å². The minimum absolute atomic E-state index is 0.0785. The molecule has 1 aromatic rings. The van der Waals surface area contributed by atoms with Crippen LogP contribution in [0.3, 0.4) is 0 Å². The van der Waals surface area contributed by atoms with Gasteiger partial charge in [-0.1, -0.05) is 31.2 Å². The van der Waals surface area contributed by atoms with Crippen molar-refractivity contribution in [3.8, 4) is 0 Å². The molecule has 0 aromatic heterocycles. The minimum atomic E-state index is -3.22. The lowest BCUT2D eigenvalue weighted by Crippen LogP contribution is -2.43. The third-order valence-corrected chi connectivity index (χ3v) is 5.65. The molecule has 2 saturated carbocycles. The molecular weight excluding hydrogens is 284 g/mol. The Hall–Kier alpha value is -0.910. The van der Waals surface area contributed by atoms with Crippen molar-refractivity contribution in [2.75, 3.05) is 0 Å². The SMILES string of the molecule is CC1CC(NS(=O)(=O)Cc2cccc(CNC3CC3)c2)C1. The number of sulfonamides is 1. The van der Waals surface area contributed by atoms with Gasteiger partial charge in [0.05, 0.1) is 5.75 Å². The van der Waals surface area contributed by atoms with E-state index in [9.17, 15) is 8.42 Å². The summed E-state index contributed by atoms with van der Waals surface area (Å²) in [5.74, 6) is 0.726. The summed E-state index contributed by atoms with van der Waals surface area (Å²) < 4.78 is 27.1. The van der Waals surface area contributed by atoms with Gasteiger partial charge in [-0.15, -0.1) is 0 Å². The maximum Gasteiger partial charge on any atom is 0.216 e.